The zero-order valence-electron chi connectivity index (χ0n) is 28.3. The van der Waals surface area contributed by atoms with E-state index in [1.807, 2.05) is 28.9 Å². The van der Waals surface area contributed by atoms with Crippen molar-refractivity contribution in [3.05, 3.63) is 94.7 Å². The van der Waals surface area contributed by atoms with Gasteiger partial charge in [-0.15, -0.1) is 0 Å². The Bertz CT molecular complexity index is 1990. The lowest BCUT2D eigenvalue weighted by molar-refractivity contribution is -0.132. The minimum Gasteiger partial charge on any atom is -0.496 e. The first kappa shape index (κ1) is 36.0. The van der Waals surface area contributed by atoms with Gasteiger partial charge in [0, 0.05) is 54.9 Å². The number of hydrogen-bond donors (Lipinski definition) is 2. The van der Waals surface area contributed by atoms with Gasteiger partial charge in [-0.3, -0.25) is 4.68 Å². The standard InChI is InChI=1S/C36H40N4O9S/c1-5-6-17-40-34(26(20-38-40)18-25(35(41)42)19-29-30-22-47-23-49-33(30)16-15-31(29)46-4)28-9-7-8-10-32(28)48-21-24-11-13-27(14-12-24)50(44,45)39(3)36(43)37-2/h7-16,18,20H,5-6,17,19,21-23H2,1-4H3,(H,37,43)(H,41,42)/b25-18+. The number of ether oxygens (including phenoxy) is 4. The maximum atomic E-state index is 12.8. The summed E-state index contributed by atoms with van der Waals surface area (Å²) in [4.78, 5) is 24.6. The Morgan fingerprint density at radius 2 is 1.86 bits per heavy atom. The van der Waals surface area contributed by atoms with Gasteiger partial charge in [0.2, 0.25) is 0 Å². The lowest BCUT2D eigenvalue weighted by Gasteiger charge is -2.22. The van der Waals surface area contributed by atoms with Crippen LogP contribution >= 0.6 is 0 Å². The number of aromatic nitrogens is 2. The van der Waals surface area contributed by atoms with E-state index in [-0.39, 0.29) is 36.9 Å². The minimum atomic E-state index is -4.03. The van der Waals surface area contributed by atoms with Gasteiger partial charge in [0.1, 0.15) is 23.9 Å². The summed E-state index contributed by atoms with van der Waals surface area (Å²) in [6.07, 6.45) is 5.11. The number of carbonyl (C=O) groups is 2. The second-order valence-electron chi connectivity index (χ2n) is 11.5. The van der Waals surface area contributed by atoms with Crippen LogP contribution in [0.2, 0.25) is 0 Å². The van der Waals surface area contributed by atoms with Crippen LogP contribution in [0.25, 0.3) is 17.3 Å². The van der Waals surface area contributed by atoms with Gasteiger partial charge < -0.3 is 29.4 Å². The zero-order chi connectivity index (χ0) is 35.8. The first-order chi connectivity index (χ1) is 24.1. The molecule has 0 saturated heterocycles. The fourth-order valence-electron chi connectivity index (χ4n) is 5.55. The van der Waals surface area contributed by atoms with E-state index in [2.05, 4.69) is 17.3 Å². The number of nitrogens with zero attached hydrogens (tertiary/aromatic N) is 3. The van der Waals surface area contributed by atoms with E-state index in [0.717, 1.165) is 18.4 Å². The predicted octanol–water partition coefficient (Wildman–Crippen LogP) is 5.47. The summed E-state index contributed by atoms with van der Waals surface area (Å²) >= 11 is 0. The molecule has 14 heteroatoms. The number of carboxylic acids is 1. The first-order valence-corrected chi connectivity index (χ1v) is 17.4. The Morgan fingerprint density at radius 3 is 2.56 bits per heavy atom. The smallest absolute Gasteiger partial charge is 0.331 e. The maximum Gasteiger partial charge on any atom is 0.331 e. The molecule has 264 valence electrons. The fraction of sp³-hybridized carbons (Fsp3) is 0.306. The fourth-order valence-corrected chi connectivity index (χ4v) is 6.66. The maximum absolute atomic E-state index is 12.8. The van der Waals surface area contributed by atoms with Crippen LogP contribution in [-0.2, 0) is 45.7 Å². The SMILES string of the molecule is CCCCn1ncc(/C=C(\Cc2c(OC)ccc3c2COCO3)C(=O)O)c1-c1ccccc1OCc1ccc(S(=O)(=O)N(C)C(=O)NC)cc1. The number of amides is 2. The van der Waals surface area contributed by atoms with Crippen molar-refractivity contribution >= 4 is 28.1 Å². The van der Waals surface area contributed by atoms with E-state index in [0.29, 0.717) is 56.0 Å². The van der Waals surface area contributed by atoms with E-state index in [1.54, 1.807) is 36.5 Å². The minimum absolute atomic E-state index is 0.0353. The van der Waals surface area contributed by atoms with E-state index in [4.69, 9.17) is 18.9 Å². The monoisotopic (exact) mass is 704 g/mol. The van der Waals surface area contributed by atoms with Gasteiger partial charge in [-0.1, -0.05) is 37.6 Å². The largest absolute Gasteiger partial charge is 0.496 e. The number of methoxy groups -OCH3 is 1. The van der Waals surface area contributed by atoms with E-state index < -0.39 is 22.0 Å². The normalized spacial score (nSPS) is 12.8. The molecule has 0 spiro atoms. The number of benzene rings is 3. The number of aliphatic carboxylic acids is 1. The molecule has 1 aliphatic heterocycles. The van der Waals surface area contributed by atoms with Crippen LogP contribution in [0.15, 0.2) is 77.3 Å². The van der Waals surface area contributed by atoms with Crippen LogP contribution in [0.4, 0.5) is 4.79 Å². The summed E-state index contributed by atoms with van der Waals surface area (Å²) in [7, 11) is 0.0487. The van der Waals surface area contributed by atoms with E-state index in [1.165, 1.54) is 33.3 Å². The van der Waals surface area contributed by atoms with Gasteiger partial charge in [-0.25, -0.2) is 22.3 Å². The van der Waals surface area contributed by atoms with Crippen molar-refractivity contribution in [2.24, 2.45) is 0 Å². The molecule has 0 aliphatic carbocycles. The quantitative estimate of drug-likeness (QED) is 0.161. The van der Waals surface area contributed by atoms with Crippen LogP contribution in [0.3, 0.4) is 0 Å². The third kappa shape index (κ3) is 7.76. The number of urea groups is 1. The number of nitrogens with one attached hydrogen (secondary N) is 1. The highest BCUT2D eigenvalue weighted by Crippen LogP contribution is 2.37. The lowest BCUT2D eigenvalue weighted by Crippen LogP contribution is -2.39. The second kappa shape index (κ2) is 15.9. The van der Waals surface area contributed by atoms with Crippen molar-refractivity contribution in [1.82, 2.24) is 19.4 Å². The van der Waals surface area contributed by atoms with Crippen LogP contribution in [0.1, 0.15) is 42.0 Å². The summed E-state index contributed by atoms with van der Waals surface area (Å²) in [5.41, 5.74) is 4.22. The first-order valence-electron chi connectivity index (χ1n) is 16.0. The second-order valence-corrected chi connectivity index (χ2v) is 13.4. The number of carboxylic acid groups (broad SMARTS) is 1. The van der Waals surface area contributed by atoms with Crippen molar-refractivity contribution in [3.8, 4) is 28.5 Å². The molecule has 3 aromatic carbocycles. The summed E-state index contributed by atoms with van der Waals surface area (Å²) in [6, 6.07) is 16.3. The Balaban J connectivity index is 1.48. The number of unbranched alkanes of at least 4 members (excludes halogenated alkanes) is 1. The number of sulfonamides is 1. The number of hydrogen-bond acceptors (Lipinski definition) is 9. The number of carbonyl (C=O) groups excluding carboxylic acids is 1. The van der Waals surface area contributed by atoms with Crippen LogP contribution in [0, 0.1) is 0 Å². The molecule has 0 atom stereocenters. The molecule has 2 amide bonds. The topological polar surface area (TPSA) is 159 Å². The molecule has 0 unspecified atom stereocenters. The zero-order valence-corrected chi connectivity index (χ0v) is 29.2. The molecule has 2 heterocycles. The number of rotatable bonds is 14. The molecule has 0 bridgehead atoms. The number of para-hydroxylation sites is 1. The Morgan fingerprint density at radius 1 is 1.10 bits per heavy atom. The summed E-state index contributed by atoms with van der Waals surface area (Å²) in [5.74, 6) is 0.600. The number of aryl methyl sites for hydroxylation is 1. The highest BCUT2D eigenvalue weighted by molar-refractivity contribution is 7.89. The molecule has 2 N–H and O–H groups in total. The van der Waals surface area contributed by atoms with Gasteiger partial charge in [0.25, 0.3) is 10.0 Å². The Kier molecular flexibility index (Phi) is 11.4. The van der Waals surface area contributed by atoms with E-state index >= 15 is 0 Å². The van der Waals surface area contributed by atoms with Crippen LogP contribution in [0.5, 0.6) is 17.2 Å². The van der Waals surface area contributed by atoms with Crippen molar-refractivity contribution in [3.63, 3.8) is 0 Å². The molecule has 1 aliphatic rings. The van der Waals surface area contributed by atoms with Gasteiger partial charge in [0.15, 0.2) is 6.79 Å². The Hall–Kier alpha value is -5.34. The van der Waals surface area contributed by atoms with Crippen LogP contribution < -0.4 is 19.5 Å². The molecule has 5 rings (SSSR count). The van der Waals surface area contributed by atoms with Gasteiger partial charge in [-0.2, -0.15) is 5.10 Å². The molecule has 1 aromatic heterocycles. The van der Waals surface area contributed by atoms with Crippen molar-refractivity contribution in [1.29, 1.82) is 0 Å². The molecule has 0 fully saturated rings. The highest BCUT2D eigenvalue weighted by atomic mass is 32.2. The molecular weight excluding hydrogens is 664 g/mol. The molecule has 0 saturated carbocycles. The summed E-state index contributed by atoms with van der Waals surface area (Å²) in [6.45, 7) is 3.18. The van der Waals surface area contributed by atoms with Crippen molar-refractivity contribution in [2.75, 3.05) is 28.0 Å². The summed E-state index contributed by atoms with van der Waals surface area (Å²) in [5, 5.41) is 17.3. The highest BCUT2D eigenvalue weighted by Gasteiger charge is 2.26. The summed E-state index contributed by atoms with van der Waals surface area (Å²) < 4.78 is 51.2. The average molecular weight is 705 g/mol. The van der Waals surface area contributed by atoms with Gasteiger partial charge in [-0.05, 0) is 54.5 Å². The van der Waals surface area contributed by atoms with Crippen molar-refractivity contribution < 1.29 is 42.1 Å². The average Bonchev–Trinajstić information content (AvgIpc) is 3.54. The van der Waals surface area contributed by atoms with Gasteiger partial charge >= 0.3 is 12.0 Å². The van der Waals surface area contributed by atoms with Gasteiger partial charge in [0.05, 0.1) is 30.5 Å². The third-order valence-electron chi connectivity index (χ3n) is 8.29. The molecule has 13 nitrogen and oxygen atoms in total. The predicted molar refractivity (Wildman–Crippen MR) is 185 cm³/mol. The molecule has 4 aromatic rings. The molecule has 50 heavy (non-hydrogen) atoms. The van der Waals surface area contributed by atoms with Crippen molar-refractivity contribution in [2.45, 2.75) is 50.8 Å². The number of fused-ring (bicyclic) bond motifs is 1. The van der Waals surface area contributed by atoms with Crippen LogP contribution in [-0.4, -0.2) is 67.6 Å². The van der Waals surface area contributed by atoms with E-state index in [9.17, 15) is 23.1 Å². The lowest BCUT2D eigenvalue weighted by atomic mass is 9.96. The molecular formula is C36H40N4O9S. The molecule has 0 radical (unpaired) electrons. The third-order valence-corrected chi connectivity index (χ3v) is 10.0. The Labute approximate surface area is 291 Å².